The summed E-state index contributed by atoms with van der Waals surface area (Å²) in [5, 5.41) is 6.47. The van der Waals surface area contributed by atoms with Crippen molar-refractivity contribution < 1.29 is 14.1 Å². The topological polar surface area (TPSA) is 78.7 Å². The molecule has 0 spiro atoms. The second kappa shape index (κ2) is 9.52. The largest absolute Gasteiger partial charge is 0.360 e. The van der Waals surface area contributed by atoms with Gasteiger partial charge in [0, 0.05) is 38.3 Å². The molecule has 0 radical (unpaired) electrons. The van der Waals surface area contributed by atoms with Gasteiger partial charge in [0.25, 0.3) is 0 Å². The van der Waals surface area contributed by atoms with Crippen LogP contribution in [0.25, 0.3) is 6.08 Å². The minimum Gasteiger partial charge on any atom is -0.360 e. The molecule has 1 N–H and O–H groups in total. The lowest BCUT2D eigenvalue weighted by atomic mass is 10.0. The molecule has 1 aromatic carbocycles. The second-order valence-electron chi connectivity index (χ2n) is 7.63. The summed E-state index contributed by atoms with van der Waals surface area (Å²) < 4.78 is 4.94. The zero-order valence-corrected chi connectivity index (χ0v) is 17.2. The van der Waals surface area contributed by atoms with E-state index in [2.05, 4.69) is 36.5 Å². The van der Waals surface area contributed by atoms with Gasteiger partial charge in [0.1, 0.15) is 5.76 Å². The highest BCUT2D eigenvalue weighted by Gasteiger charge is 2.21. The maximum Gasteiger partial charge on any atom is 0.246 e. The number of rotatable bonds is 6. The van der Waals surface area contributed by atoms with Crippen LogP contribution < -0.4 is 5.32 Å². The summed E-state index contributed by atoms with van der Waals surface area (Å²) in [5.74, 6) is 1.43. The van der Waals surface area contributed by atoms with Gasteiger partial charge in [-0.3, -0.25) is 14.5 Å². The number of nitrogens with one attached hydrogen (secondary N) is 1. The molecule has 2 heterocycles. The summed E-state index contributed by atoms with van der Waals surface area (Å²) in [4.78, 5) is 28.4. The second-order valence-corrected chi connectivity index (χ2v) is 7.63. The van der Waals surface area contributed by atoms with Crippen LogP contribution >= 0.6 is 0 Å². The molecule has 1 fully saturated rings. The Balaban J connectivity index is 1.43. The number of amides is 2. The summed E-state index contributed by atoms with van der Waals surface area (Å²) in [6, 6.07) is 9.94. The van der Waals surface area contributed by atoms with Gasteiger partial charge in [-0.15, -0.1) is 0 Å². The van der Waals surface area contributed by atoms with Crippen molar-refractivity contribution in [2.24, 2.45) is 0 Å². The Morgan fingerprint density at radius 2 is 1.86 bits per heavy atom. The fourth-order valence-electron chi connectivity index (χ4n) is 3.20. The van der Waals surface area contributed by atoms with Crippen molar-refractivity contribution in [2.45, 2.75) is 26.7 Å². The predicted molar refractivity (Wildman–Crippen MR) is 112 cm³/mol. The van der Waals surface area contributed by atoms with E-state index < -0.39 is 0 Å². The number of aromatic nitrogens is 1. The van der Waals surface area contributed by atoms with Crippen molar-refractivity contribution in [1.82, 2.24) is 15.0 Å². The molecule has 7 heteroatoms. The monoisotopic (exact) mass is 396 g/mol. The number of carbonyl (C=O) groups excluding carboxylic acids is 2. The normalized spacial score (nSPS) is 15.2. The number of nitrogens with zero attached hydrogens (tertiary/aromatic N) is 3. The van der Waals surface area contributed by atoms with Gasteiger partial charge in [-0.05, 0) is 30.0 Å². The molecule has 0 aliphatic carbocycles. The minimum atomic E-state index is -0.136. The molecule has 3 rings (SSSR count). The highest BCUT2D eigenvalue weighted by Crippen LogP contribution is 2.15. The fourth-order valence-corrected chi connectivity index (χ4v) is 3.20. The highest BCUT2D eigenvalue weighted by atomic mass is 16.5. The predicted octanol–water partition coefficient (Wildman–Crippen LogP) is 2.90. The van der Waals surface area contributed by atoms with Crippen LogP contribution in [0.4, 0.5) is 5.82 Å². The van der Waals surface area contributed by atoms with Crippen LogP contribution in [-0.2, 0) is 9.59 Å². The molecule has 29 heavy (non-hydrogen) atoms. The average molecular weight is 396 g/mol. The van der Waals surface area contributed by atoms with E-state index in [-0.39, 0.29) is 18.4 Å². The van der Waals surface area contributed by atoms with Gasteiger partial charge in [-0.1, -0.05) is 43.3 Å². The first-order valence-corrected chi connectivity index (χ1v) is 9.93. The fraction of sp³-hybridized carbons (Fsp3) is 0.409. The Bertz CT molecular complexity index is 862. The van der Waals surface area contributed by atoms with Gasteiger partial charge in [0.2, 0.25) is 11.8 Å². The van der Waals surface area contributed by atoms with Crippen LogP contribution in [0.5, 0.6) is 0 Å². The van der Waals surface area contributed by atoms with E-state index in [4.69, 9.17) is 4.52 Å². The van der Waals surface area contributed by atoms with E-state index in [1.165, 1.54) is 5.56 Å². The molecular weight excluding hydrogens is 368 g/mol. The molecule has 0 bridgehead atoms. The molecule has 1 saturated heterocycles. The number of benzene rings is 1. The maximum atomic E-state index is 12.4. The summed E-state index contributed by atoms with van der Waals surface area (Å²) in [5.41, 5.74) is 2.30. The van der Waals surface area contributed by atoms with Crippen molar-refractivity contribution in [3.05, 3.63) is 53.3 Å². The Hall–Kier alpha value is -2.93. The maximum absolute atomic E-state index is 12.4. The van der Waals surface area contributed by atoms with Crippen molar-refractivity contribution in [2.75, 3.05) is 38.0 Å². The van der Waals surface area contributed by atoms with Crippen LogP contribution in [0.15, 0.2) is 40.9 Å². The third-order valence-electron chi connectivity index (χ3n) is 4.97. The smallest absolute Gasteiger partial charge is 0.246 e. The Morgan fingerprint density at radius 3 is 2.45 bits per heavy atom. The molecule has 1 aliphatic rings. The van der Waals surface area contributed by atoms with Crippen LogP contribution in [0.2, 0.25) is 0 Å². The van der Waals surface area contributed by atoms with E-state index in [1.54, 1.807) is 19.1 Å². The van der Waals surface area contributed by atoms with Gasteiger partial charge < -0.3 is 14.7 Å². The van der Waals surface area contributed by atoms with E-state index in [0.717, 1.165) is 5.56 Å². The molecule has 2 aromatic rings. The number of hydrogen-bond acceptors (Lipinski definition) is 5. The molecule has 1 aromatic heterocycles. The Morgan fingerprint density at radius 1 is 1.17 bits per heavy atom. The lowest BCUT2D eigenvalue weighted by Gasteiger charge is -2.33. The molecule has 7 nitrogen and oxygen atoms in total. The van der Waals surface area contributed by atoms with Crippen molar-refractivity contribution in [3.63, 3.8) is 0 Å². The zero-order valence-electron chi connectivity index (χ0n) is 17.2. The lowest BCUT2D eigenvalue weighted by molar-refractivity contribution is -0.127. The Labute approximate surface area is 171 Å². The minimum absolute atomic E-state index is 0.000102. The SMILES string of the molecule is Cc1cc(NC(=O)CN2CCN(C(=O)/C=C/c3ccc(C(C)C)cc3)CC2)no1. The number of piperazine rings is 1. The van der Waals surface area contributed by atoms with E-state index in [1.807, 2.05) is 28.0 Å². The van der Waals surface area contributed by atoms with Gasteiger partial charge >= 0.3 is 0 Å². The van der Waals surface area contributed by atoms with Crippen LogP contribution in [0, 0.1) is 6.92 Å². The van der Waals surface area contributed by atoms with Crippen molar-refractivity contribution in [3.8, 4) is 0 Å². The molecule has 0 saturated carbocycles. The van der Waals surface area contributed by atoms with Crippen LogP contribution in [-0.4, -0.2) is 59.5 Å². The number of anilines is 1. The third kappa shape index (κ3) is 6.02. The number of carbonyl (C=O) groups is 2. The number of aryl methyl sites for hydroxylation is 1. The van der Waals surface area contributed by atoms with Gasteiger partial charge in [0.05, 0.1) is 6.54 Å². The van der Waals surface area contributed by atoms with E-state index in [0.29, 0.717) is 43.7 Å². The van der Waals surface area contributed by atoms with Crippen molar-refractivity contribution >= 4 is 23.7 Å². The first-order valence-electron chi connectivity index (χ1n) is 9.93. The first kappa shape index (κ1) is 20.8. The first-order chi connectivity index (χ1) is 13.9. The zero-order chi connectivity index (χ0) is 20.8. The quantitative estimate of drug-likeness (QED) is 0.760. The molecule has 2 amide bonds. The van der Waals surface area contributed by atoms with Crippen LogP contribution in [0.1, 0.15) is 36.7 Å². The Kier molecular flexibility index (Phi) is 6.82. The molecule has 1 aliphatic heterocycles. The molecule has 0 atom stereocenters. The van der Waals surface area contributed by atoms with Crippen LogP contribution in [0.3, 0.4) is 0 Å². The van der Waals surface area contributed by atoms with E-state index in [9.17, 15) is 9.59 Å². The van der Waals surface area contributed by atoms with Gasteiger partial charge in [-0.25, -0.2) is 0 Å². The average Bonchev–Trinajstić information content (AvgIpc) is 3.11. The van der Waals surface area contributed by atoms with Gasteiger partial charge in [-0.2, -0.15) is 0 Å². The van der Waals surface area contributed by atoms with E-state index >= 15 is 0 Å². The van der Waals surface area contributed by atoms with Gasteiger partial charge in [0.15, 0.2) is 5.82 Å². The summed E-state index contributed by atoms with van der Waals surface area (Å²) in [6.07, 6.45) is 3.48. The standard InChI is InChI=1S/C22H28N4O3/c1-16(2)19-7-4-18(5-8-19)6-9-22(28)26-12-10-25(11-13-26)15-21(27)23-20-14-17(3)29-24-20/h4-9,14,16H,10-13,15H2,1-3H3,(H,23,24,27)/b9-6+. The molecule has 0 unspecified atom stereocenters. The number of hydrogen-bond donors (Lipinski definition) is 1. The highest BCUT2D eigenvalue weighted by molar-refractivity contribution is 5.92. The summed E-state index contributed by atoms with van der Waals surface area (Å²) in [6.45, 7) is 8.89. The summed E-state index contributed by atoms with van der Waals surface area (Å²) in [7, 11) is 0. The molecule has 154 valence electrons. The third-order valence-corrected chi connectivity index (χ3v) is 4.97. The van der Waals surface area contributed by atoms with Crippen molar-refractivity contribution in [1.29, 1.82) is 0 Å². The molecular formula is C22H28N4O3. The summed E-state index contributed by atoms with van der Waals surface area (Å²) >= 11 is 0. The lowest BCUT2D eigenvalue weighted by Crippen LogP contribution is -2.50.